The highest BCUT2D eigenvalue weighted by atomic mass is 16.5. The second-order valence-electron chi connectivity index (χ2n) is 6.71. The van der Waals surface area contributed by atoms with Crippen LogP contribution in [0.4, 0.5) is 17.5 Å². The van der Waals surface area contributed by atoms with Gasteiger partial charge in [0.1, 0.15) is 5.82 Å². The minimum atomic E-state index is 0.338. The minimum absolute atomic E-state index is 0.338. The number of aromatic nitrogens is 3. The van der Waals surface area contributed by atoms with E-state index in [1.807, 2.05) is 12.4 Å². The van der Waals surface area contributed by atoms with Gasteiger partial charge in [0, 0.05) is 62.9 Å². The lowest BCUT2D eigenvalue weighted by atomic mass is 10.0. The minimum Gasteiger partial charge on any atom is -0.381 e. The van der Waals surface area contributed by atoms with E-state index in [0.717, 1.165) is 57.3 Å². The first kappa shape index (κ1) is 16.1. The molecule has 7 nitrogen and oxygen atoms in total. The van der Waals surface area contributed by atoms with Crippen LogP contribution < -0.4 is 15.5 Å². The molecule has 0 aliphatic carbocycles. The normalized spacial score (nSPS) is 20.9. The average Bonchev–Trinajstić information content (AvgIpc) is 3.17. The maximum Gasteiger partial charge on any atom is 0.222 e. The van der Waals surface area contributed by atoms with Crippen LogP contribution in [0.1, 0.15) is 23.6 Å². The van der Waals surface area contributed by atoms with Crippen LogP contribution in [0.2, 0.25) is 0 Å². The molecular weight excluding hydrogens is 316 g/mol. The molecule has 0 aromatic carbocycles. The maximum absolute atomic E-state index is 5.96. The fourth-order valence-electron chi connectivity index (χ4n) is 3.61. The molecule has 2 aromatic heterocycles. The van der Waals surface area contributed by atoms with Crippen LogP contribution in [0.3, 0.4) is 0 Å². The summed E-state index contributed by atoms with van der Waals surface area (Å²) >= 11 is 0. The van der Waals surface area contributed by atoms with Gasteiger partial charge in [0.05, 0.1) is 12.3 Å². The summed E-state index contributed by atoms with van der Waals surface area (Å²) in [6.45, 7) is 7.37. The number of nitrogens with two attached hydrogens (primary N) is 1. The standard InChI is InChI=1S/C18H24N6O/c1-13-11-20-4-2-16(13)23-5-7-24(8-6-23)17-10-15(21-18(19)22-17)14-3-9-25-12-14/h2,4,10-11,14H,3,5-9,12H2,1H3,(H2,19,21,22)/t14-/m0/s1. The largest absolute Gasteiger partial charge is 0.381 e. The van der Waals surface area contributed by atoms with Crippen molar-refractivity contribution in [2.75, 3.05) is 54.9 Å². The Morgan fingerprint density at radius 1 is 1.16 bits per heavy atom. The molecule has 25 heavy (non-hydrogen) atoms. The first-order chi connectivity index (χ1) is 12.2. The molecule has 0 radical (unpaired) electrons. The SMILES string of the molecule is Cc1cnccc1N1CCN(c2cc([C@H]3CCOC3)nc(N)n2)CC1. The lowest BCUT2D eigenvalue weighted by Crippen LogP contribution is -2.47. The smallest absolute Gasteiger partial charge is 0.222 e. The van der Waals surface area contributed by atoms with Gasteiger partial charge in [0.25, 0.3) is 0 Å². The number of ether oxygens (including phenoxy) is 1. The summed E-state index contributed by atoms with van der Waals surface area (Å²) in [5, 5.41) is 0. The molecule has 0 amide bonds. The first-order valence-corrected chi connectivity index (χ1v) is 8.83. The number of anilines is 3. The fraction of sp³-hybridized carbons (Fsp3) is 0.500. The molecule has 2 saturated heterocycles. The van der Waals surface area contributed by atoms with E-state index in [0.29, 0.717) is 11.9 Å². The average molecular weight is 340 g/mol. The predicted molar refractivity (Wildman–Crippen MR) is 98.0 cm³/mol. The molecular formula is C18H24N6O. The number of hydrogen-bond acceptors (Lipinski definition) is 7. The molecule has 0 spiro atoms. The third kappa shape index (κ3) is 3.37. The van der Waals surface area contributed by atoms with Gasteiger partial charge in [-0.2, -0.15) is 4.98 Å². The van der Waals surface area contributed by atoms with Gasteiger partial charge in [-0.25, -0.2) is 4.98 Å². The zero-order valence-electron chi connectivity index (χ0n) is 14.6. The maximum atomic E-state index is 5.96. The zero-order chi connectivity index (χ0) is 17.2. The van der Waals surface area contributed by atoms with E-state index in [4.69, 9.17) is 10.5 Å². The number of piperazine rings is 1. The molecule has 4 heterocycles. The molecule has 0 bridgehead atoms. The van der Waals surface area contributed by atoms with Gasteiger partial charge in [0.2, 0.25) is 5.95 Å². The van der Waals surface area contributed by atoms with Crippen LogP contribution in [0.15, 0.2) is 24.5 Å². The molecule has 7 heteroatoms. The number of aryl methyl sites for hydroxylation is 1. The molecule has 2 N–H and O–H groups in total. The van der Waals surface area contributed by atoms with Gasteiger partial charge in [0.15, 0.2) is 0 Å². The van der Waals surface area contributed by atoms with E-state index in [2.05, 4.69) is 43.8 Å². The van der Waals surface area contributed by atoms with Crippen LogP contribution in [-0.2, 0) is 4.74 Å². The third-order valence-electron chi connectivity index (χ3n) is 5.03. The zero-order valence-corrected chi connectivity index (χ0v) is 14.6. The topological polar surface area (TPSA) is 80.4 Å². The summed E-state index contributed by atoms with van der Waals surface area (Å²) in [6, 6.07) is 4.18. The summed E-state index contributed by atoms with van der Waals surface area (Å²) in [6.07, 6.45) is 4.78. The number of pyridine rings is 1. The summed E-state index contributed by atoms with van der Waals surface area (Å²) in [7, 11) is 0. The van der Waals surface area contributed by atoms with Crippen LogP contribution in [0, 0.1) is 6.92 Å². The van der Waals surface area contributed by atoms with Crippen molar-refractivity contribution in [2.24, 2.45) is 0 Å². The Bertz CT molecular complexity index is 738. The van der Waals surface area contributed by atoms with Crippen molar-refractivity contribution in [1.82, 2.24) is 15.0 Å². The Balaban J connectivity index is 1.48. The van der Waals surface area contributed by atoms with E-state index in [-0.39, 0.29) is 0 Å². The van der Waals surface area contributed by atoms with Gasteiger partial charge in [-0.05, 0) is 25.0 Å². The monoisotopic (exact) mass is 340 g/mol. The number of nitrogens with zero attached hydrogens (tertiary/aromatic N) is 5. The summed E-state index contributed by atoms with van der Waals surface area (Å²) in [4.78, 5) is 17.8. The van der Waals surface area contributed by atoms with Crippen molar-refractivity contribution in [3.8, 4) is 0 Å². The Labute approximate surface area is 147 Å². The van der Waals surface area contributed by atoms with E-state index >= 15 is 0 Å². The molecule has 2 fully saturated rings. The van der Waals surface area contributed by atoms with Crippen LogP contribution >= 0.6 is 0 Å². The van der Waals surface area contributed by atoms with E-state index in [1.54, 1.807) is 0 Å². The highest BCUT2D eigenvalue weighted by Crippen LogP contribution is 2.28. The predicted octanol–water partition coefficient (Wildman–Crippen LogP) is 1.59. The highest BCUT2D eigenvalue weighted by molar-refractivity contribution is 5.54. The molecule has 2 aromatic rings. The fourth-order valence-corrected chi connectivity index (χ4v) is 3.61. The third-order valence-corrected chi connectivity index (χ3v) is 5.03. The Morgan fingerprint density at radius 2 is 1.96 bits per heavy atom. The van der Waals surface area contributed by atoms with Gasteiger partial charge >= 0.3 is 0 Å². The second kappa shape index (κ2) is 6.84. The molecule has 0 saturated carbocycles. The lowest BCUT2D eigenvalue weighted by molar-refractivity contribution is 0.193. The lowest BCUT2D eigenvalue weighted by Gasteiger charge is -2.37. The Hall–Kier alpha value is -2.41. The van der Waals surface area contributed by atoms with Crippen molar-refractivity contribution < 1.29 is 4.74 Å². The quantitative estimate of drug-likeness (QED) is 0.909. The van der Waals surface area contributed by atoms with E-state index < -0.39 is 0 Å². The van der Waals surface area contributed by atoms with Crippen molar-refractivity contribution in [3.05, 3.63) is 35.8 Å². The second-order valence-corrected chi connectivity index (χ2v) is 6.71. The summed E-state index contributed by atoms with van der Waals surface area (Å²) < 4.78 is 5.48. The number of hydrogen-bond donors (Lipinski definition) is 1. The molecule has 4 rings (SSSR count). The summed E-state index contributed by atoms with van der Waals surface area (Å²) in [5.41, 5.74) is 9.45. The van der Waals surface area contributed by atoms with Gasteiger partial charge in [-0.3, -0.25) is 4.98 Å². The van der Waals surface area contributed by atoms with Crippen molar-refractivity contribution >= 4 is 17.5 Å². The Morgan fingerprint density at radius 3 is 2.68 bits per heavy atom. The molecule has 2 aliphatic rings. The van der Waals surface area contributed by atoms with Crippen LogP contribution in [0.5, 0.6) is 0 Å². The Kier molecular flexibility index (Phi) is 4.40. The van der Waals surface area contributed by atoms with Crippen molar-refractivity contribution in [3.63, 3.8) is 0 Å². The van der Waals surface area contributed by atoms with E-state index in [9.17, 15) is 0 Å². The van der Waals surface area contributed by atoms with Crippen molar-refractivity contribution in [2.45, 2.75) is 19.3 Å². The molecule has 2 aliphatic heterocycles. The van der Waals surface area contributed by atoms with Gasteiger partial charge in [-0.1, -0.05) is 0 Å². The van der Waals surface area contributed by atoms with Gasteiger partial charge < -0.3 is 20.3 Å². The van der Waals surface area contributed by atoms with Crippen molar-refractivity contribution in [1.29, 1.82) is 0 Å². The molecule has 0 unspecified atom stereocenters. The highest BCUT2D eigenvalue weighted by Gasteiger charge is 2.24. The number of nitrogen functional groups attached to an aromatic ring is 1. The number of rotatable bonds is 3. The van der Waals surface area contributed by atoms with Crippen LogP contribution in [0.25, 0.3) is 0 Å². The molecule has 132 valence electrons. The van der Waals surface area contributed by atoms with E-state index in [1.165, 1.54) is 11.3 Å². The summed E-state index contributed by atoms with van der Waals surface area (Å²) in [5.74, 6) is 1.62. The van der Waals surface area contributed by atoms with Crippen LogP contribution in [-0.4, -0.2) is 54.3 Å². The first-order valence-electron chi connectivity index (χ1n) is 8.83. The van der Waals surface area contributed by atoms with Gasteiger partial charge in [-0.15, -0.1) is 0 Å². The molecule has 1 atom stereocenters.